The van der Waals surface area contributed by atoms with Gasteiger partial charge in [0.1, 0.15) is 17.4 Å². The van der Waals surface area contributed by atoms with E-state index in [1.807, 2.05) is 30.3 Å². The third-order valence-electron chi connectivity index (χ3n) is 4.15. The Morgan fingerprint density at radius 2 is 2.04 bits per heavy atom. The molecular weight excluding hydrogens is 332 g/mol. The Kier molecular flexibility index (Phi) is 8.46. The highest BCUT2D eigenvalue weighted by Crippen LogP contribution is 2.11. The number of hydrogen-bond donors (Lipinski definition) is 2. The molecule has 0 spiro atoms. The van der Waals surface area contributed by atoms with Crippen LogP contribution in [-0.2, 0) is 16.0 Å². The normalized spacial score (nSPS) is 15.2. The molecule has 0 atom stereocenters. The summed E-state index contributed by atoms with van der Waals surface area (Å²) in [6.07, 6.45) is 2.27. The Bertz CT molecular complexity index is 631. The summed E-state index contributed by atoms with van der Waals surface area (Å²) in [4.78, 5) is 14.3. The van der Waals surface area contributed by atoms with Crippen LogP contribution in [0.1, 0.15) is 5.56 Å². The van der Waals surface area contributed by atoms with Gasteiger partial charge in [0.05, 0.1) is 20.3 Å². The molecule has 0 aliphatic carbocycles. The van der Waals surface area contributed by atoms with Crippen molar-refractivity contribution < 1.29 is 14.3 Å². The van der Waals surface area contributed by atoms with Crippen molar-refractivity contribution in [3.8, 4) is 11.8 Å². The summed E-state index contributed by atoms with van der Waals surface area (Å²) in [6, 6.07) is 9.75. The van der Waals surface area contributed by atoms with Crippen LogP contribution in [0.4, 0.5) is 0 Å². The maximum absolute atomic E-state index is 12.1. The van der Waals surface area contributed by atoms with Gasteiger partial charge in [-0.15, -0.1) is 0 Å². The van der Waals surface area contributed by atoms with E-state index in [2.05, 4.69) is 15.5 Å². The van der Waals surface area contributed by atoms with E-state index in [-0.39, 0.29) is 11.5 Å². The van der Waals surface area contributed by atoms with Crippen LogP contribution in [0.3, 0.4) is 0 Å². The van der Waals surface area contributed by atoms with E-state index >= 15 is 0 Å². The molecule has 1 aromatic rings. The molecule has 0 radical (unpaired) electrons. The number of nitrogens with zero attached hydrogens (tertiary/aromatic N) is 2. The fourth-order valence-electron chi connectivity index (χ4n) is 2.58. The number of ether oxygens (including phenoxy) is 2. The molecule has 1 aliphatic rings. The van der Waals surface area contributed by atoms with Crippen molar-refractivity contribution in [2.24, 2.45) is 0 Å². The fraction of sp³-hybridized carbons (Fsp3) is 0.474. The molecular formula is C19H26N4O3. The smallest absolute Gasteiger partial charge is 0.263 e. The number of carbonyl (C=O) groups excluding carboxylic acids is 1. The lowest BCUT2D eigenvalue weighted by Gasteiger charge is -2.26. The molecule has 1 amide bonds. The number of hydrogen-bond acceptors (Lipinski definition) is 6. The SMILES string of the molecule is COc1ccc(CCN/C=C(/C#N)C(=O)NCCN2CCOCC2)cc1. The average molecular weight is 358 g/mol. The van der Waals surface area contributed by atoms with Crippen LogP contribution in [-0.4, -0.2) is 63.9 Å². The van der Waals surface area contributed by atoms with E-state index in [0.29, 0.717) is 13.1 Å². The van der Waals surface area contributed by atoms with Gasteiger partial charge in [-0.25, -0.2) is 0 Å². The van der Waals surface area contributed by atoms with Crippen LogP contribution in [0.25, 0.3) is 0 Å². The predicted octanol–water partition coefficient (Wildman–Crippen LogP) is 0.683. The van der Waals surface area contributed by atoms with Crippen LogP contribution in [0.5, 0.6) is 5.75 Å². The van der Waals surface area contributed by atoms with Crippen LogP contribution in [0.2, 0.25) is 0 Å². The molecule has 26 heavy (non-hydrogen) atoms. The Morgan fingerprint density at radius 3 is 2.69 bits per heavy atom. The number of amides is 1. The van der Waals surface area contributed by atoms with Gasteiger partial charge >= 0.3 is 0 Å². The van der Waals surface area contributed by atoms with E-state index in [9.17, 15) is 4.79 Å². The largest absolute Gasteiger partial charge is 0.497 e. The standard InChI is InChI=1S/C19H26N4O3/c1-25-18-4-2-16(3-5-18)6-7-21-15-17(14-20)19(24)22-8-9-23-10-12-26-13-11-23/h2-5,15,21H,6-13H2,1H3,(H,22,24)/b17-15-. The molecule has 2 N–H and O–H groups in total. The number of nitriles is 1. The molecule has 0 aromatic heterocycles. The number of rotatable bonds is 9. The Hall–Kier alpha value is -2.56. The highest BCUT2D eigenvalue weighted by Gasteiger charge is 2.12. The molecule has 1 saturated heterocycles. The molecule has 7 nitrogen and oxygen atoms in total. The summed E-state index contributed by atoms with van der Waals surface area (Å²) >= 11 is 0. The van der Waals surface area contributed by atoms with Gasteiger partial charge in [0, 0.05) is 38.9 Å². The Balaban J connectivity index is 1.68. The second kappa shape index (κ2) is 11.1. The molecule has 0 unspecified atom stereocenters. The molecule has 0 bridgehead atoms. The summed E-state index contributed by atoms with van der Waals surface area (Å²) in [6.45, 7) is 5.14. The molecule has 1 aliphatic heterocycles. The highest BCUT2D eigenvalue weighted by atomic mass is 16.5. The molecule has 7 heteroatoms. The maximum Gasteiger partial charge on any atom is 0.263 e. The minimum atomic E-state index is -0.349. The third-order valence-corrected chi connectivity index (χ3v) is 4.15. The van der Waals surface area contributed by atoms with Crippen molar-refractivity contribution in [3.63, 3.8) is 0 Å². The molecule has 1 aromatic carbocycles. The highest BCUT2D eigenvalue weighted by molar-refractivity contribution is 5.97. The van der Waals surface area contributed by atoms with Gasteiger partial charge in [0.15, 0.2) is 0 Å². The zero-order valence-corrected chi connectivity index (χ0v) is 15.2. The second-order valence-corrected chi connectivity index (χ2v) is 5.93. The van der Waals surface area contributed by atoms with E-state index in [4.69, 9.17) is 14.7 Å². The lowest BCUT2D eigenvalue weighted by Crippen LogP contribution is -2.41. The van der Waals surface area contributed by atoms with Crippen molar-refractivity contribution in [1.29, 1.82) is 5.26 Å². The van der Waals surface area contributed by atoms with Crippen LogP contribution in [0, 0.1) is 11.3 Å². The summed E-state index contributed by atoms with van der Waals surface area (Å²) < 4.78 is 10.4. The molecule has 1 heterocycles. The van der Waals surface area contributed by atoms with Crippen molar-refractivity contribution in [2.75, 3.05) is 53.0 Å². The summed E-state index contributed by atoms with van der Waals surface area (Å²) in [5.41, 5.74) is 1.24. The zero-order valence-electron chi connectivity index (χ0n) is 15.2. The predicted molar refractivity (Wildman–Crippen MR) is 98.7 cm³/mol. The monoisotopic (exact) mass is 358 g/mol. The minimum Gasteiger partial charge on any atom is -0.497 e. The lowest BCUT2D eigenvalue weighted by molar-refractivity contribution is -0.117. The van der Waals surface area contributed by atoms with Crippen LogP contribution < -0.4 is 15.4 Å². The first-order valence-electron chi connectivity index (χ1n) is 8.78. The zero-order chi connectivity index (χ0) is 18.6. The second-order valence-electron chi connectivity index (χ2n) is 5.93. The molecule has 140 valence electrons. The van der Waals surface area contributed by atoms with Gasteiger partial charge in [-0.1, -0.05) is 12.1 Å². The first-order chi connectivity index (χ1) is 12.7. The summed E-state index contributed by atoms with van der Waals surface area (Å²) in [5, 5.41) is 15.0. The average Bonchev–Trinajstić information content (AvgIpc) is 2.69. The number of nitrogens with one attached hydrogen (secondary N) is 2. The van der Waals surface area contributed by atoms with Crippen molar-refractivity contribution >= 4 is 5.91 Å². The van der Waals surface area contributed by atoms with Crippen LogP contribution >= 0.6 is 0 Å². The third kappa shape index (κ3) is 6.75. The summed E-state index contributed by atoms with van der Waals surface area (Å²) in [5.74, 6) is 0.472. The van der Waals surface area contributed by atoms with Crippen molar-refractivity contribution in [2.45, 2.75) is 6.42 Å². The van der Waals surface area contributed by atoms with E-state index < -0.39 is 0 Å². The number of morpholine rings is 1. The Labute approximate surface area is 154 Å². The van der Waals surface area contributed by atoms with E-state index in [1.165, 1.54) is 6.20 Å². The number of methoxy groups -OCH3 is 1. The molecule has 1 fully saturated rings. The topological polar surface area (TPSA) is 86.6 Å². The lowest BCUT2D eigenvalue weighted by atomic mass is 10.1. The van der Waals surface area contributed by atoms with E-state index in [0.717, 1.165) is 50.6 Å². The van der Waals surface area contributed by atoms with Gasteiger partial charge < -0.3 is 20.1 Å². The van der Waals surface area contributed by atoms with Gasteiger partial charge in [-0.2, -0.15) is 5.26 Å². The first-order valence-corrected chi connectivity index (χ1v) is 8.78. The Morgan fingerprint density at radius 1 is 1.31 bits per heavy atom. The van der Waals surface area contributed by atoms with Crippen LogP contribution in [0.15, 0.2) is 36.0 Å². The van der Waals surface area contributed by atoms with Crippen molar-refractivity contribution in [1.82, 2.24) is 15.5 Å². The maximum atomic E-state index is 12.1. The van der Waals surface area contributed by atoms with Gasteiger partial charge in [0.25, 0.3) is 5.91 Å². The van der Waals surface area contributed by atoms with E-state index in [1.54, 1.807) is 7.11 Å². The van der Waals surface area contributed by atoms with Gasteiger partial charge in [-0.05, 0) is 24.1 Å². The number of benzene rings is 1. The fourth-order valence-corrected chi connectivity index (χ4v) is 2.58. The first kappa shape index (κ1) is 19.8. The van der Waals surface area contributed by atoms with Gasteiger partial charge in [-0.3, -0.25) is 9.69 Å². The minimum absolute atomic E-state index is 0.0849. The quantitative estimate of drug-likeness (QED) is 0.384. The summed E-state index contributed by atoms with van der Waals surface area (Å²) in [7, 11) is 1.64. The molecule has 2 rings (SSSR count). The molecule has 0 saturated carbocycles. The van der Waals surface area contributed by atoms with Gasteiger partial charge in [0.2, 0.25) is 0 Å². The number of carbonyl (C=O) groups is 1. The van der Waals surface area contributed by atoms with Crippen molar-refractivity contribution in [3.05, 3.63) is 41.6 Å².